The second kappa shape index (κ2) is 13.1. The molecule has 0 fully saturated rings. The number of ether oxygens (including phenoxy) is 2. The van der Waals surface area contributed by atoms with Gasteiger partial charge in [0.15, 0.2) is 0 Å². The molecule has 0 saturated heterocycles. The van der Waals surface area contributed by atoms with E-state index in [4.69, 9.17) is 21.1 Å². The monoisotopic (exact) mass is 472 g/mol. The number of Topliss-reactive ketones (excluding diaryl/α,β-unsaturated/α-hetero) is 1. The standard InChI is InChI=1S/C25H29ClN2O5/c26-20-10-8-18(9-11-20)12-13-27-25(31)23(29)22-7-3-4-14-32-15-16-33-17-19-5-1-2-6-21(19)24(30)28-22/h1-2,5-6,8-11,22H,3-4,7,12-17H2,(H,27,31)(H,28,30). The van der Waals surface area contributed by atoms with Crippen LogP contribution in [-0.4, -0.2) is 50.0 Å². The molecular formula is C25H29ClN2O5. The predicted molar refractivity (Wildman–Crippen MR) is 125 cm³/mol. The predicted octanol–water partition coefficient (Wildman–Crippen LogP) is 3.08. The van der Waals surface area contributed by atoms with Crippen LogP contribution in [0.25, 0.3) is 0 Å². The van der Waals surface area contributed by atoms with E-state index in [1.54, 1.807) is 24.3 Å². The fraction of sp³-hybridized carbons (Fsp3) is 0.400. The summed E-state index contributed by atoms with van der Waals surface area (Å²) >= 11 is 5.89. The number of fused-ring (bicyclic) bond motifs is 1. The van der Waals surface area contributed by atoms with Crippen LogP contribution >= 0.6 is 11.6 Å². The molecule has 33 heavy (non-hydrogen) atoms. The number of rotatable bonds is 5. The third kappa shape index (κ3) is 7.96. The highest BCUT2D eigenvalue weighted by atomic mass is 35.5. The first-order chi connectivity index (χ1) is 16.0. The van der Waals surface area contributed by atoms with E-state index in [2.05, 4.69) is 10.6 Å². The number of ketones is 1. The normalized spacial score (nSPS) is 17.8. The fourth-order valence-corrected chi connectivity index (χ4v) is 3.67. The molecule has 1 unspecified atom stereocenters. The SMILES string of the molecule is O=C(NCCc1ccc(Cl)cc1)C(=O)C1CCCCOCCOCc2ccccc2C(=O)N1. The summed E-state index contributed by atoms with van der Waals surface area (Å²) in [6.07, 6.45) is 2.28. The van der Waals surface area contributed by atoms with Crippen LogP contribution in [0, 0.1) is 0 Å². The van der Waals surface area contributed by atoms with Crippen LogP contribution in [0.3, 0.4) is 0 Å². The molecule has 8 heteroatoms. The van der Waals surface area contributed by atoms with E-state index in [-0.39, 0.29) is 6.61 Å². The maximum absolute atomic E-state index is 13.0. The van der Waals surface area contributed by atoms with Crippen molar-refractivity contribution in [1.29, 1.82) is 0 Å². The van der Waals surface area contributed by atoms with E-state index in [1.165, 1.54) is 0 Å². The molecule has 7 nitrogen and oxygen atoms in total. The fourth-order valence-electron chi connectivity index (χ4n) is 3.54. The molecule has 2 aromatic rings. The van der Waals surface area contributed by atoms with Gasteiger partial charge >= 0.3 is 0 Å². The highest BCUT2D eigenvalue weighted by Crippen LogP contribution is 2.13. The molecule has 0 bridgehead atoms. The molecule has 0 saturated carbocycles. The molecule has 1 aliphatic heterocycles. The van der Waals surface area contributed by atoms with Crippen molar-refractivity contribution >= 4 is 29.2 Å². The second-order valence-electron chi connectivity index (χ2n) is 7.84. The quantitative estimate of drug-likeness (QED) is 0.652. The van der Waals surface area contributed by atoms with Crippen LogP contribution in [0.2, 0.25) is 5.02 Å². The van der Waals surface area contributed by atoms with Crippen LogP contribution in [-0.2, 0) is 32.1 Å². The minimum absolute atomic E-state index is 0.261. The number of hydrogen-bond acceptors (Lipinski definition) is 5. The first kappa shape index (κ1) is 24.9. The van der Waals surface area contributed by atoms with E-state index in [9.17, 15) is 14.4 Å². The van der Waals surface area contributed by atoms with Gasteiger partial charge < -0.3 is 20.1 Å². The zero-order valence-corrected chi connectivity index (χ0v) is 19.2. The molecular weight excluding hydrogens is 444 g/mol. The largest absolute Gasteiger partial charge is 0.379 e. The van der Waals surface area contributed by atoms with E-state index >= 15 is 0 Å². The Morgan fingerprint density at radius 2 is 1.76 bits per heavy atom. The van der Waals surface area contributed by atoms with E-state index in [1.807, 2.05) is 24.3 Å². The summed E-state index contributed by atoms with van der Waals surface area (Å²) in [5.74, 6) is -1.75. The van der Waals surface area contributed by atoms with Crippen LogP contribution < -0.4 is 10.6 Å². The molecule has 1 atom stereocenters. The number of carbonyl (C=O) groups is 3. The van der Waals surface area contributed by atoms with Gasteiger partial charge in [0, 0.05) is 23.7 Å². The molecule has 0 radical (unpaired) electrons. The first-order valence-electron chi connectivity index (χ1n) is 11.2. The molecule has 2 amide bonds. The molecule has 3 rings (SSSR count). The Labute approximate surface area is 198 Å². The van der Waals surface area contributed by atoms with Gasteiger partial charge in [-0.1, -0.05) is 41.9 Å². The maximum Gasteiger partial charge on any atom is 0.289 e. The highest BCUT2D eigenvalue weighted by molar-refractivity contribution is 6.38. The Morgan fingerprint density at radius 3 is 2.58 bits per heavy atom. The summed E-state index contributed by atoms with van der Waals surface area (Å²) in [4.78, 5) is 38.4. The van der Waals surface area contributed by atoms with Gasteiger partial charge in [0.05, 0.1) is 25.9 Å². The lowest BCUT2D eigenvalue weighted by Crippen LogP contribution is -2.48. The van der Waals surface area contributed by atoms with Gasteiger partial charge in [-0.3, -0.25) is 14.4 Å². The van der Waals surface area contributed by atoms with Gasteiger partial charge in [-0.15, -0.1) is 0 Å². The smallest absolute Gasteiger partial charge is 0.289 e. The summed E-state index contributed by atoms with van der Waals surface area (Å²) < 4.78 is 11.2. The Morgan fingerprint density at radius 1 is 1.00 bits per heavy atom. The van der Waals surface area contributed by atoms with E-state index < -0.39 is 23.6 Å². The zero-order chi connectivity index (χ0) is 23.5. The van der Waals surface area contributed by atoms with Gasteiger partial charge in [0.25, 0.3) is 11.8 Å². The first-order valence-corrected chi connectivity index (χ1v) is 11.5. The van der Waals surface area contributed by atoms with Crippen LogP contribution in [0.5, 0.6) is 0 Å². The topological polar surface area (TPSA) is 93.7 Å². The summed E-state index contributed by atoms with van der Waals surface area (Å²) in [5.41, 5.74) is 2.14. The van der Waals surface area contributed by atoms with Gasteiger partial charge in [-0.25, -0.2) is 0 Å². The number of benzene rings is 2. The average molecular weight is 473 g/mol. The second-order valence-corrected chi connectivity index (χ2v) is 8.28. The Kier molecular flexibility index (Phi) is 9.87. The Balaban J connectivity index is 1.64. The Hall–Kier alpha value is -2.74. The maximum atomic E-state index is 13.0. The molecule has 0 aliphatic carbocycles. The van der Waals surface area contributed by atoms with Crippen molar-refractivity contribution in [1.82, 2.24) is 10.6 Å². The Bertz CT molecular complexity index is 948. The molecule has 2 N–H and O–H groups in total. The zero-order valence-electron chi connectivity index (χ0n) is 18.5. The molecule has 176 valence electrons. The molecule has 1 heterocycles. The van der Waals surface area contributed by atoms with Crippen molar-refractivity contribution in [2.24, 2.45) is 0 Å². The van der Waals surface area contributed by atoms with Crippen molar-refractivity contribution in [3.63, 3.8) is 0 Å². The summed E-state index contributed by atoms with van der Waals surface area (Å²) in [6, 6.07) is 13.5. The highest BCUT2D eigenvalue weighted by Gasteiger charge is 2.27. The summed E-state index contributed by atoms with van der Waals surface area (Å²) in [7, 11) is 0. The minimum atomic E-state index is -0.912. The lowest BCUT2D eigenvalue weighted by atomic mass is 10.0. The van der Waals surface area contributed by atoms with Gasteiger partial charge in [-0.05, 0) is 55.0 Å². The number of hydrogen-bond donors (Lipinski definition) is 2. The minimum Gasteiger partial charge on any atom is -0.379 e. The number of nitrogens with one attached hydrogen (secondary N) is 2. The molecule has 2 aromatic carbocycles. The average Bonchev–Trinajstić information content (AvgIpc) is 2.82. The summed E-state index contributed by atoms with van der Waals surface area (Å²) in [6.45, 7) is 2.00. The van der Waals surface area contributed by atoms with Gasteiger partial charge in [-0.2, -0.15) is 0 Å². The van der Waals surface area contributed by atoms with Gasteiger partial charge in [0.1, 0.15) is 0 Å². The van der Waals surface area contributed by atoms with Crippen molar-refractivity contribution < 1.29 is 23.9 Å². The van der Waals surface area contributed by atoms with Crippen molar-refractivity contribution in [3.05, 3.63) is 70.2 Å². The molecule has 1 aliphatic rings. The van der Waals surface area contributed by atoms with Crippen LogP contribution in [0.1, 0.15) is 40.7 Å². The van der Waals surface area contributed by atoms with Crippen molar-refractivity contribution in [2.45, 2.75) is 38.3 Å². The third-order valence-corrected chi connectivity index (χ3v) is 5.63. The van der Waals surface area contributed by atoms with Crippen LogP contribution in [0.4, 0.5) is 0 Å². The van der Waals surface area contributed by atoms with Gasteiger partial charge in [0.2, 0.25) is 5.78 Å². The van der Waals surface area contributed by atoms with Crippen molar-refractivity contribution in [2.75, 3.05) is 26.4 Å². The van der Waals surface area contributed by atoms with E-state index in [0.29, 0.717) is 68.2 Å². The number of halogens is 1. The van der Waals surface area contributed by atoms with Crippen LogP contribution in [0.15, 0.2) is 48.5 Å². The number of carbonyl (C=O) groups excluding carboxylic acids is 3. The lowest BCUT2D eigenvalue weighted by Gasteiger charge is -2.19. The lowest BCUT2D eigenvalue weighted by molar-refractivity contribution is -0.139. The number of amides is 2. The van der Waals surface area contributed by atoms with Crippen molar-refractivity contribution in [3.8, 4) is 0 Å². The molecule has 0 aromatic heterocycles. The molecule has 0 spiro atoms. The summed E-state index contributed by atoms with van der Waals surface area (Å²) in [5, 5.41) is 6.07. The van der Waals surface area contributed by atoms with E-state index in [0.717, 1.165) is 5.56 Å². The third-order valence-electron chi connectivity index (χ3n) is 5.38.